The molecule has 0 heterocycles. The zero-order valence-electron chi connectivity index (χ0n) is 7.63. The van der Waals surface area contributed by atoms with Gasteiger partial charge in [-0.3, -0.25) is 4.79 Å². The number of allylic oxidation sites excluding steroid dienone is 3. The molecule has 0 fully saturated rings. The van der Waals surface area contributed by atoms with Crippen LogP contribution < -0.4 is 5.73 Å². The van der Waals surface area contributed by atoms with E-state index >= 15 is 0 Å². The first-order chi connectivity index (χ1) is 5.63. The summed E-state index contributed by atoms with van der Waals surface area (Å²) >= 11 is 0. The summed E-state index contributed by atoms with van der Waals surface area (Å²) in [5.41, 5.74) is 6.60. The second kappa shape index (κ2) is 5.35. The highest BCUT2D eigenvalue weighted by Gasteiger charge is 2.04. The molecule has 0 spiro atoms. The number of hydrogen-bond acceptors (Lipinski definition) is 1. The van der Waals surface area contributed by atoms with E-state index < -0.39 is 5.91 Å². The number of hydrogen-bond donors (Lipinski definition) is 1. The highest BCUT2D eigenvalue weighted by Crippen LogP contribution is 2.09. The Labute approximate surface area is 73.5 Å². The summed E-state index contributed by atoms with van der Waals surface area (Å²) in [6.45, 7) is 7.39. The molecule has 2 nitrogen and oxygen atoms in total. The van der Waals surface area contributed by atoms with Crippen LogP contribution in [0.1, 0.15) is 20.3 Å². The van der Waals surface area contributed by atoms with Crippen LogP contribution in [0.15, 0.2) is 36.0 Å². The van der Waals surface area contributed by atoms with Crippen molar-refractivity contribution in [3.05, 3.63) is 36.0 Å². The zero-order valence-corrected chi connectivity index (χ0v) is 7.63. The molecule has 0 saturated carbocycles. The molecular weight excluding hydrogens is 150 g/mol. The fourth-order valence-corrected chi connectivity index (χ4v) is 0.942. The Bertz CT molecular complexity index is 236. The van der Waals surface area contributed by atoms with Crippen LogP contribution in [0.2, 0.25) is 0 Å². The summed E-state index contributed by atoms with van der Waals surface area (Å²) in [7, 11) is 0. The number of primary amides is 1. The first-order valence-corrected chi connectivity index (χ1v) is 3.93. The maximum atomic E-state index is 10.9. The van der Waals surface area contributed by atoms with Crippen molar-refractivity contribution in [3.63, 3.8) is 0 Å². The van der Waals surface area contributed by atoms with E-state index in [1.807, 2.05) is 19.9 Å². The van der Waals surface area contributed by atoms with Crippen molar-refractivity contribution in [3.8, 4) is 0 Å². The van der Waals surface area contributed by atoms with Crippen molar-refractivity contribution >= 4 is 5.91 Å². The van der Waals surface area contributed by atoms with Gasteiger partial charge in [-0.1, -0.05) is 25.7 Å². The third kappa shape index (κ3) is 3.19. The maximum absolute atomic E-state index is 10.9. The van der Waals surface area contributed by atoms with Gasteiger partial charge in [0.25, 0.3) is 0 Å². The molecule has 2 N–H and O–H groups in total. The zero-order chi connectivity index (χ0) is 9.56. The summed E-state index contributed by atoms with van der Waals surface area (Å²) in [5, 5.41) is 0. The van der Waals surface area contributed by atoms with Crippen LogP contribution >= 0.6 is 0 Å². The molecule has 0 aromatic carbocycles. The van der Waals surface area contributed by atoms with Gasteiger partial charge in [0.1, 0.15) is 0 Å². The lowest BCUT2D eigenvalue weighted by Gasteiger charge is -2.01. The van der Waals surface area contributed by atoms with Crippen LogP contribution in [0.3, 0.4) is 0 Å². The van der Waals surface area contributed by atoms with E-state index in [2.05, 4.69) is 6.58 Å². The first kappa shape index (κ1) is 10.7. The molecule has 0 aromatic heterocycles. The number of amides is 1. The molecule has 12 heavy (non-hydrogen) atoms. The number of carbonyl (C=O) groups is 1. The fraction of sp³-hybridized carbons (Fsp3) is 0.300. The normalized spacial score (nSPS) is 12.8. The average Bonchev–Trinajstić information content (AvgIpc) is 1.99. The topological polar surface area (TPSA) is 43.1 Å². The number of rotatable bonds is 4. The molecule has 0 radical (unpaired) electrons. The van der Waals surface area contributed by atoms with Crippen molar-refractivity contribution in [1.29, 1.82) is 0 Å². The van der Waals surface area contributed by atoms with Crippen molar-refractivity contribution in [1.82, 2.24) is 0 Å². The molecule has 0 aromatic rings. The monoisotopic (exact) mass is 165 g/mol. The van der Waals surface area contributed by atoms with Crippen LogP contribution in [0.5, 0.6) is 0 Å². The summed E-state index contributed by atoms with van der Waals surface area (Å²) in [4.78, 5) is 10.9. The van der Waals surface area contributed by atoms with Gasteiger partial charge in [-0.25, -0.2) is 0 Å². The smallest absolute Gasteiger partial charge is 0.248 e. The predicted molar refractivity (Wildman–Crippen MR) is 51.5 cm³/mol. The molecule has 2 heteroatoms. The number of carbonyl (C=O) groups excluding carboxylic acids is 1. The van der Waals surface area contributed by atoms with Crippen molar-refractivity contribution in [2.45, 2.75) is 20.3 Å². The van der Waals surface area contributed by atoms with Gasteiger partial charge in [0.2, 0.25) is 5.91 Å². The molecule has 0 bridgehead atoms. The molecule has 1 amide bonds. The molecule has 0 saturated heterocycles. The van der Waals surface area contributed by atoms with Gasteiger partial charge in [0.05, 0.1) is 0 Å². The van der Waals surface area contributed by atoms with Crippen molar-refractivity contribution in [2.24, 2.45) is 5.73 Å². The van der Waals surface area contributed by atoms with Gasteiger partial charge in [-0.05, 0) is 25.0 Å². The lowest BCUT2D eigenvalue weighted by molar-refractivity contribution is -0.114. The second-order valence-electron chi connectivity index (χ2n) is 2.48. The minimum absolute atomic E-state index is 0.405. The Balaban J connectivity index is 4.75. The molecule has 0 unspecified atom stereocenters. The van der Waals surface area contributed by atoms with Crippen LogP contribution in [-0.2, 0) is 4.79 Å². The average molecular weight is 165 g/mol. The third-order valence-corrected chi connectivity index (χ3v) is 1.49. The molecule has 0 rings (SSSR count). The lowest BCUT2D eigenvalue weighted by Crippen LogP contribution is -2.14. The summed E-state index contributed by atoms with van der Waals surface area (Å²) in [6, 6.07) is 0. The predicted octanol–water partition coefficient (Wildman–Crippen LogP) is 1.94. The van der Waals surface area contributed by atoms with Crippen LogP contribution in [-0.4, -0.2) is 5.91 Å². The van der Waals surface area contributed by atoms with E-state index in [0.29, 0.717) is 5.57 Å². The Kier molecular flexibility index (Phi) is 4.77. The van der Waals surface area contributed by atoms with Gasteiger partial charge < -0.3 is 5.73 Å². The van der Waals surface area contributed by atoms with E-state index in [0.717, 1.165) is 12.0 Å². The maximum Gasteiger partial charge on any atom is 0.248 e. The summed E-state index contributed by atoms with van der Waals surface area (Å²) in [5.74, 6) is -0.405. The molecule has 0 atom stereocenters. The highest BCUT2D eigenvalue weighted by molar-refractivity contribution is 5.96. The minimum atomic E-state index is -0.405. The Morgan fingerprint density at radius 2 is 2.17 bits per heavy atom. The van der Waals surface area contributed by atoms with Gasteiger partial charge in [-0.2, -0.15) is 0 Å². The molecule has 0 aliphatic rings. The van der Waals surface area contributed by atoms with Gasteiger partial charge >= 0.3 is 0 Å². The fourth-order valence-electron chi connectivity index (χ4n) is 0.942. The summed E-state index contributed by atoms with van der Waals surface area (Å²) in [6.07, 6.45) is 6.05. The van der Waals surface area contributed by atoms with E-state index in [1.165, 1.54) is 0 Å². The molecule has 0 aliphatic heterocycles. The standard InChI is InChI=1S/C10H15NO/c1-4-6-8(3)9(7-5-2)10(11)12/h5-7H,2,4H2,1,3H3,(H2,11,12)/b8-6-,9-7+. The highest BCUT2D eigenvalue weighted by atomic mass is 16.1. The lowest BCUT2D eigenvalue weighted by atomic mass is 10.1. The minimum Gasteiger partial charge on any atom is -0.366 e. The van der Waals surface area contributed by atoms with Crippen LogP contribution in [0.4, 0.5) is 0 Å². The Morgan fingerprint density at radius 3 is 2.50 bits per heavy atom. The van der Waals surface area contributed by atoms with E-state index in [9.17, 15) is 4.79 Å². The van der Waals surface area contributed by atoms with E-state index in [1.54, 1.807) is 12.2 Å². The quantitative estimate of drug-likeness (QED) is 0.502. The van der Waals surface area contributed by atoms with Crippen molar-refractivity contribution in [2.75, 3.05) is 0 Å². The van der Waals surface area contributed by atoms with E-state index in [4.69, 9.17) is 5.73 Å². The van der Waals surface area contributed by atoms with Gasteiger partial charge in [0.15, 0.2) is 0 Å². The van der Waals surface area contributed by atoms with E-state index in [-0.39, 0.29) is 0 Å². The SMILES string of the molecule is C=C/C=C(C(N)=O)\C(C)=C/CC. The van der Waals surface area contributed by atoms with Gasteiger partial charge in [-0.15, -0.1) is 0 Å². The first-order valence-electron chi connectivity index (χ1n) is 3.93. The molecule has 0 aliphatic carbocycles. The van der Waals surface area contributed by atoms with Crippen LogP contribution in [0.25, 0.3) is 0 Å². The number of nitrogens with two attached hydrogens (primary N) is 1. The van der Waals surface area contributed by atoms with Crippen molar-refractivity contribution < 1.29 is 4.79 Å². The molecule has 66 valence electrons. The second-order valence-corrected chi connectivity index (χ2v) is 2.48. The third-order valence-electron chi connectivity index (χ3n) is 1.49. The Morgan fingerprint density at radius 1 is 1.58 bits per heavy atom. The van der Waals surface area contributed by atoms with Gasteiger partial charge in [0, 0.05) is 5.57 Å². The largest absolute Gasteiger partial charge is 0.366 e. The summed E-state index contributed by atoms with van der Waals surface area (Å²) < 4.78 is 0. The Hall–Kier alpha value is -1.31. The van der Waals surface area contributed by atoms with Crippen LogP contribution in [0, 0.1) is 0 Å². The molecular formula is C10H15NO.